The predicted molar refractivity (Wildman–Crippen MR) is 84.8 cm³/mol. The normalized spacial score (nSPS) is 10.9. The first-order chi connectivity index (χ1) is 9.63. The molecule has 0 aliphatic carbocycles. The number of aromatic amines is 1. The van der Waals surface area contributed by atoms with E-state index in [0.717, 1.165) is 33.1 Å². The summed E-state index contributed by atoms with van der Waals surface area (Å²) < 4.78 is 7.97. The zero-order valence-corrected chi connectivity index (χ0v) is 12.7. The van der Waals surface area contributed by atoms with Crippen molar-refractivity contribution in [2.24, 2.45) is 0 Å². The van der Waals surface area contributed by atoms with Crippen molar-refractivity contribution in [1.82, 2.24) is 9.55 Å². The Morgan fingerprint density at radius 3 is 2.70 bits per heavy atom. The molecule has 0 radical (unpaired) electrons. The monoisotopic (exact) mass is 304 g/mol. The Kier molecular flexibility index (Phi) is 3.28. The summed E-state index contributed by atoms with van der Waals surface area (Å²) >= 11 is 11.7. The molecule has 3 aromatic rings. The second-order valence-electron chi connectivity index (χ2n) is 4.50. The Morgan fingerprint density at radius 1 is 1.20 bits per heavy atom. The lowest BCUT2D eigenvalue weighted by molar-refractivity contribution is 0.419. The zero-order chi connectivity index (χ0) is 14.3. The number of fused-ring (bicyclic) bond motifs is 1. The lowest BCUT2D eigenvalue weighted by atomic mass is 10.2. The highest BCUT2D eigenvalue weighted by Crippen LogP contribution is 2.29. The van der Waals surface area contributed by atoms with Gasteiger partial charge in [-0.25, -0.2) is 0 Å². The number of para-hydroxylation sites is 1. The number of hydrogen-bond donors (Lipinski definition) is 1. The Bertz CT molecular complexity index is 851. The number of aromatic nitrogens is 2. The largest absolute Gasteiger partial charge is 0.494 e. The molecule has 1 aromatic heterocycles. The Hall–Kier alpha value is -1.78. The van der Waals surface area contributed by atoms with Crippen LogP contribution in [0, 0.1) is 11.7 Å². The molecule has 1 N–H and O–H groups in total. The molecule has 0 aliphatic heterocycles. The van der Waals surface area contributed by atoms with Crippen molar-refractivity contribution in [3.8, 4) is 11.4 Å². The minimum Gasteiger partial charge on any atom is -0.494 e. The molecule has 0 atom stereocenters. The molecular formula is C15H13ClN2OS. The first-order valence-corrected chi connectivity index (χ1v) is 6.95. The Labute approximate surface area is 126 Å². The average molecular weight is 305 g/mol. The van der Waals surface area contributed by atoms with E-state index < -0.39 is 0 Å². The summed E-state index contributed by atoms with van der Waals surface area (Å²) in [4.78, 5) is 3.20. The third-order valence-electron chi connectivity index (χ3n) is 3.38. The Morgan fingerprint density at radius 2 is 1.95 bits per heavy atom. The van der Waals surface area contributed by atoms with Gasteiger partial charge in [0.2, 0.25) is 0 Å². The Balaban J connectivity index is 2.40. The topological polar surface area (TPSA) is 29.9 Å². The molecule has 102 valence electrons. The third kappa shape index (κ3) is 1.92. The van der Waals surface area contributed by atoms with Gasteiger partial charge < -0.3 is 9.72 Å². The standard InChI is InChI=1S/C15H13ClN2OS/c1-9-10(16)5-3-6-11(9)18-12-7-4-8-13(19-2)14(12)17-15(18)20/h3-8H,1-2H3,(H,17,20). The zero-order valence-electron chi connectivity index (χ0n) is 11.1. The molecule has 5 heteroatoms. The smallest absolute Gasteiger partial charge is 0.182 e. The van der Waals surface area contributed by atoms with E-state index in [1.807, 2.05) is 47.9 Å². The van der Waals surface area contributed by atoms with Crippen molar-refractivity contribution in [2.75, 3.05) is 7.11 Å². The lowest BCUT2D eigenvalue weighted by Gasteiger charge is -2.10. The molecule has 20 heavy (non-hydrogen) atoms. The minimum absolute atomic E-state index is 0.620. The molecule has 1 heterocycles. The van der Waals surface area contributed by atoms with Crippen LogP contribution in [-0.4, -0.2) is 16.7 Å². The number of halogens is 1. The van der Waals surface area contributed by atoms with Crippen molar-refractivity contribution < 1.29 is 4.74 Å². The predicted octanol–water partition coefficient (Wildman–Crippen LogP) is 4.66. The van der Waals surface area contributed by atoms with Crippen LogP contribution in [0.15, 0.2) is 36.4 Å². The van der Waals surface area contributed by atoms with E-state index >= 15 is 0 Å². The minimum atomic E-state index is 0.620. The summed E-state index contributed by atoms with van der Waals surface area (Å²) in [5.74, 6) is 0.770. The molecule has 0 amide bonds. The fourth-order valence-electron chi connectivity index (χ4n) is 2.35. The molecule has 2 aromatic carbocycles. The van der Waals surface area contributed by atoms with E-state index in [1.54, 1.807) is 7.11 Å². The van der Waals surface area contributed by atoms with Gasteiger partial charge >= 0.3 is 0 Å². The summed E-state index contributed by atoms with van der Waals surface area (Å²) in [7, 11) is 1.65. The molecular weight excluding hydrogens is 292 g/mol. The van der Waals surface area contributed by atoms with Gasteiger partial charge in [-0.15, -0.1) is 0 Å². The number of imidazole rings is 1. The number of hydrogen-bond acceptors (Lipinski definition) is 2. The van der Waals surface area contributed by atoms with Gasteiger partial charge in [-0.2, -0.15) is 0 Å². The average Bonchev–Trinajstić information content (AvgIpc) is 2.78. The maximum absolute atomic E-state index is 6.21. The fraction of sp³-hybridized carbons (Fsp3) is 0.133. The summed E-state index contributed by atoms with van der Waals surface area (Å²) in [6, 6.07) is 11.7. The van der Waals surface area contributed by atoms with Gasteiger partial charge in [0.15, 0.2) is 4.77 Å². The van der Waals surface area contributed by atoms with Crippen LogP contribution in [0.25, 0.3) is 16.7 Å². The maximum Gasteiger partial charge on any atom is 0.182 e. The van der Waals surface area contributed by atoms with E-state index in [9.17, 15) is 0 Å². The van der Waals surface area contributed by atoms with E-state index in [4.69, 9.17) is 28.6 Å². The van der Waals surface area contributed by atoms with Gasteiger partial charge in [-0.1, -0.05) is 23.7 Å². The summed E-state index contributed by atoms with van der Waals surface area (Å²) in [5, 5.41) is 0.724. The number of H-pyrrole nitrogens is 1. The number of methoxy groups -OCH3 is 1. The maximum atomic E-state index is 6.21. The fourth-order valence-corrected chi connectivity index (χ4v) is 2.82. The summed E-state index contributed by atoms with van der Waals surface area (Å²) in [6.07, 6.45) is 0. The second-order valence-corrected chi connectivity index (χ2v) is 5.30. The molecule has 0 spiro atoms. The second kappa shape index (κ2) is 4.96. The number of nitrogens with one attached hydrogen (secondary N) is 1. The molecule has 0 bridgehead atoms. The van der Waals surface area contributed by atoms with Crippen LogP contribution in [0.4, 0.5) is 0 Å². The third-order valence-corrected chi connectivity index (χ3v) is 4.07. The number of nitrogens with zero attached hydrogens (tertiary/aromatic N) is 1. The van der Waals surface area contributed by atoms with E-state index in [-0.39, 0.29) is 0 Å². The molecule has 3 nitrogen and oxygen atoms in total. The molecule has 0 unspecified atom stereocenters. The highest BCUT2D eigenvalue weighted by Gasteiger charge is 2.12. The van der Waals surface area contributed by atoms with Crippen molar-refractivity contribution in [2.45, 2.75) is 6.92 Å². The SMILES string of the molecule is COc1cccc2c1[nH]c(=S)n2-c1cccc(Cl)c1C. The molecule has 0 saturated carbocycles. The van der Waals surface area contributed by atoms with Crippen LogP contribution >= 0.6 is 23.8 Å². The van der Waals surface area contributed by atoms with Crippen LogP contribution < -0.4 is 4.74 Å². The number of benzene rings is 2. The number of ether oxygens (including phenoxy) is 1. The van der Waals surface area contributed by atoms with E-state index in [0.29, 0.717) is 4.77 Å². The first kappa shape index (κ1) is 13.2. The highest BCUT2D eigenvalue weighted by molar-refractivity contribution is 7.71. The highest BCUT2D eigenvalue weighted by atomic mass is 35.5. The van der Waals surface area contributed by atoms with Gasteiger partial charge in [0.1, 0.15) is 11.3 Å². The van der Waals surface area contributed by atoms with Gasteiger partial charge in [-0.3, -0.25) is 4.57 Å². The number of rotatable bonds is 2. The van der Waals surface area contributed by atoms with Crippen LogP contribution in [-0.2, 0) is 0 Å². The molecule has 0 saturated heterocycles. The lowest BCUT2D eigenvalue weighted by Crippen LogP contribution is -1.97. The van der Waals surface area contributed by atoms with Gasteiger partial charge in [0.25, 0.3) is 0 Å². The van der Waals surface area contributed by atoms with E-state index in [2.05, 4.69) is 4.98 Å². The van der Waals surface area contributed by atoms with Crippen LogP contribution in [0.5, 0.6) is 5.75 Å². The van der Waals surface area contributed by atoms with Crippen molar-refractivity contribution in [3.05, 3.63) is 51.8 Å². The van der Waals surface area contributed by atoms with Crippen LogP contribution in [0.3, 0.4) is 0 Å². The summed E-state index contributed by atoms with van der Waals surface area (Å²) in [5.41, 5.74) is 3.83. The molecule has 0 fully saturated rings. The van der Waals surface area contributed by atoms with Gasteiger partial charge in [-0.05, 0) is 49.0 Å². The van der Waals surface area contributed by atoms with Gasteiger partial charge in [0, 0.05) is 5.02 Å². The van der Waals surface area contributed by atoms with Crippen molar-refractivity contribution >= 4 is 34.9 Å². The van der Waals surface area contributed by atoms with Crippen LogP contribution in [0.1, 0.15) is 5.56 Å². The van der Waals surface area contributed by atoms with E-state index in [1.165, 1.54) is 0 Å². The van der Waals surface area contributed by atoms with Crippen molar-refractivity contribution in [1.29, 1.82) is 0 Å². The molecule has 3 rings (SSSR count). The van der Waals surface area contributed by atoms with Crippen molar-refractivity contribution in [3.63, 3.8) is 0 Å². The molecule has 0 aliphatic rings. The quantitative estimate of drug-likeness (QED) is 0.698. The van der Waals surface area contributed by atoms with Gasteiger partial charge in [0.05, 0.1) is 18.3 Å². The van der Waals surface area contributed by atoms with Crippen LogP contribution in [0.2, 0.25) is 5.02 Å². The first-order valence-electron chi connectivity index (χ1n) is 6.16. The summed E-state index contributed by atoms with van der Waals surface area (Å²) in [6.45, 7) is 1.98.